The lowest BCUT2D eigenvalue weighted by Crippen LogP contribution is -2.33. The van der Waals surface area contributed by atoms with Crippen LogP contribution in [-0.2, 0) is 17.6 Å². The highest BCUT2D eigenvalue weighted by Crippen LogP contribution is 2.41. The van der Waals surface area contributed by atoms with Crippen LogP contribution >= 0.6 is 0 Å². The molecule has 2 aromatic rings. The van der Waals surface area contributed by atoms with Gasteiger partial charge in [-0.05, 0) is 40.8 Å². The van der Waals surface area contributed by atoms with Crippen LogP contribution in [-0.4, -0.2) is 35.6 Å². The normalized spacial score (nSPS) is 23.9. The second-order valence-electron chi connectivity index (χ2n) is 7.83. The van der Waals surface area contributed by atoms with Crippen LogP contribution in [0, 0.1) is 6.92 Å². The first-order valence-corrected chi connectivity index (χ1v) is 10.0. The van der Waals surface area contributed by atoms with E-state index in [0.29, 0.717) is 19.4 Å². The third kappa shape index (κ3) is 3.72. The molecule has 4 heteroatoms. The number of ether oxygens (including phenoxy) is 2. The van der Waals surface area contributed by atoms with E-state index < -0.39 is 6.10 Å². The summed E-state index contributed by atoms with van der Waals surface area (Å²) in [5.41, 5.74) is 7.03. The van der Waals surface area contributed by atoms with E-state index in [2.05, 4.69) is 43.8 Å². The van der Waals surface area contributed by atoms with Gasteiger partial charge in [-0.15, -0.1) is 0 Å². The fourth-order valence-corrected chi connectivity index (χ4v) is 4.40. The summed E-state index contributed by atoms with van der Waals surface area (Å²) in [6.45, 7) is 6.56. The Labute approximate surface area is 166 Å². The van der Waals surface area contributed by atoms with Crippen molar-refractivity contribution in [3.63, 3.8) is 0 Å². The van der Waals surface area contributed by atoms with Crippen molar-refractivity contribution in [2.45, 2.75) is 50.9 Å². The number of aliphatic hydroxyl groups excluding tert-OH is 2. The van der Waals surface area contributed by atoms with Crippen molar-refractivity contribution in [3.8, 4) is 5.75 Å². The van der Waals surface area contributed by atoms with E-state index in [1.807, 2.05) is 6.08 Å². The summed E-state index contributed by atoms with van der Waals surface area (Å²) in [7, 11) is 0. The van der Waals surface area contributed by atoms with Crippen molar-refractivity contribution in [2.75, 3.05) is 13.2 Å². The van der Waals surface area contributed by atoms with Gasteiger partial charge in [-0.3, -0.25) is 0 Å². The minimum absolute atomic E-state index is 0.0663. The minimum atomic E-state index is -0.449. The van der Waals surface area contributed by atoms with Crippen LogP contribution in [0.25, 0.3) is 6.08 Å². The summed E-state index contributed by atoms with van der Waals surface area (Å²) >= 11 is 0. The molecule has 148 valence electrons. The van der Waals surface area contributed by atoms with E-state index in [1.54, 1.807) is 0 Å². The van der Waals surface area contributed by atoms with Crippen LogP contribution in [0.5, 0.6) is 5.75 Å². The van der Waals surface area contributed by atoms with Crippen LogP contribution in [0.1, 0.15) is 52.3 Å². The van der Waals surface area contributed by atoms with E-state index in [9.17, 15) is 10.2 Å². The molecule has 4 nitrogen and oxygen atoms in total. The summed E-state index contributed by atoms with van der Waals surface area (Å²) in [6, 6.07) is 10.6. The standard InChI is InChI=1S/C24H28O4/c1-3-16-4-6-17(7-5-16)10-18-11-22(15(2)21-8-9-27-24(18)21)23-13-19(26)12-20(14-25)28-23/h3-7,11,19-20,23,25-26H,1,8-10,12-14H2,2H3. The van der Waals surface area contributed by atoms with E-state index in [1.165, 1.54) is 16.7 Å². The molecular weight excluding hydrogens is 352 g/mol. The van der Waals surface area contributed by atoms with Gasteiger partial charge in [0, 0.05) is 31.2 Å². The first-order valence-electron chi connectivity index (χ1n) is 10.0. The molecule has 2 N–H and O–H groups in total. The molecule has 2 aromatic carbocycles. The minimum Gasteiger partial charge on any atom is -0.493 e. The van der Waals surface area contributed by atoms with Gasteiger partial charge in [0.25, 0.3) is 0 Å². The van der Waals surface area contributed by atoms with Crippen molar-refractivity contribution >= 4 is 6.08 Å². The first kappa shape index (κ1) is 19.2. The molecule has 3 unspecified atom stereocenters. The molecule has 0 aliphatic carbocycles. The third-order valence-corrected chi connectivity index (χ3v) is 5.92. The van der Waals surface area contributed by atoms with E-state index in [0.717, 1.165) is 35.3 Å². The Morgan fingerprint density at radius 3 is 2.71 bits per heavy atom. The lowest BCUT2D eigenvalue weighted by molar-refractivity contribution is -0.114. The molecule has 2 heterocycles. The highest BCUT2D eigenvalue weighted by atomic mass is 16.5. The predicted molar refractivity (Wildman–Crippen MR) is 110 cm³/mol. The van der Waals surface area contributed by atoms with E-state index in [-0.39, 0.29) is 18.8 Å². The Morgan fingerprint density at radius 1 is 1.21 bits per heavy atom. The van der Waals surface area contributed by atoms with Gasteiger partial charge in [-0.2, -0.15) is 0 Å². The maximum absolute atomic E-state index is 10.3. The molecule has 4 rings (SSSR count). The zero-order valence-corrected chi connectivity index (χ0v) is 16.4. The van der Waals surface area contributed by atoms with Crippen molar-refractivity contribution in [3.05, 3.63) is 70.3 Å². The average molecular weight is 380 g/mol. The molecule has 1 saturated heterocycles. The molecule has 0 radical (unpaired) electrons. The van der Waals surface area contributed by atoms with Crippen molar-refractivity contribution in [1.29, 1.82) is 0 Å². The Kier molecular flexibility index (Phi) is 5.54. The SMILES string of the molecule is C=Cc1ccc(Cc2cc(C3CC(O)CC(CO)O3)c(C)c3c2OCC3)cc1. The number of fused-ring (bicyclic) bond motifs is 1. The fraction of sp³-hybridized carbons (Fsp3) is 0.417. The second kappa shape index (κ2) is 8.08. The van der Waals surface area contributed by atoms with Crippen LogP contribution in [0.4, 0.5) is 0 Å². The molecule has 0 bridgehead atoms. The Bertz CT molecular complexity index is 856. The van der Waals surface area contributed by atoms with Crippen molar-refractivity contribution in [2.24, 2.45) is 0 Å². The molecule has 1 fully saturated rings. The topological polar surface area (TPSA) is 58.9 Å². The Morgan fingerprint density at radius 2 is 2.00 bits per heavy atom. The lowest BCUT2D eigenvalue weighted by atomic mass is 9.87. The first-order chi connectivity index (χ1) is 13.6. The van der Waals surface area contributed by atoms with Crippen molar-refractivity contribution in [1.82, 2.24) is 0 Å². The van der Waals surface area contributed by atoms with Gasteiger partial charge in [0.15, 0.2) is 0 Å². The molecule has 0 aromatic heterocycles. The van der Waals surface area contributed by atoms with Crippen LogP contribution in [0.15, 0.2) is 36.9 Å². The maximum atomic E-state index is 10.3. The molecule has 2 aliphatic rings. The summed E-state index contributed by atoms with van der Waals surface area (Å²) < 4.78 is 12.1. The largest absolute Gasteiger partial charge is 0.493 e. The van der Waals surface area contributed by atoms with Crippen molar-refractivity contribution < 1.29 is 19.7 Å². The zero-order valence-electron chi connectivity index (χ0n) is 16.4. The van der Waals surface area contributed by atoms with Crippen LogP contribution in [0.3, 0.4) is 0 Å². The van der Waals surface area contributed by atoms with Gasteiger partial charge in [0.05, 0.1) is 31.5 Å². The Balaban J connectivity index is 1.69. The van der Waals surface area contributed by atoms with Gasteiger partial charge >= 0.3 is 0 Å². The van der Waals surface area contributed by atoms with E-state index >= 15 is 0 Å². The lowest BCUT2D eigenvalue weighted by Gasteiger charge is -2.34. The number of hydrogen-bond acceptors (Lipinski definition) is 4. The van der Waals surface area contributed by atoms with Gasteiger partial charge < -0.3 is 19.7 Å². The van der Waals surface area contributed by atoms with Gasteiger partial charge in [-0.1, -0.05) is 36.9 Å². The molecule has 2 aliphatic heterocycles. The van der Waals surface area contributed by atoms with Gasteiger partial charge in [-0.25, -0.2) is 0 Å². The molecular formula is C24H28O4. The van der Waals surface area contributed by atoms with Gasteiger partial charge in [0.2, 0.25) is 0 Å². The quantitative estimate of drug-likeness (QED) is 0.830. The molecule has 28 heavy (non-hydrogen) atoms. The fourth-order valence-electron chi connectivity index (χ4n) is 4.40. The molecule has 0 spiro atoms. The molecule has 0 amide bonds. The summed E-state index contributed by atoms with van der Waals surface area (Å²) in [5, 5.41) is 19.8. The third-order valence-electron chi connectivity index (χ3n) is 5.92. The number of hydrogen-bond donors (Lipinski definition) is 2. The smallest absolute Gasteiger partial charge is 0.126 e. The zero-order chi connectivity index (χ0) is 19.7. The summed E-state index contributed by atoms with van der Waals surface area (Å²) in [5.74, 6) is 1.00. The van der Waals surface area contributed by atoms with Crippen LogP contribution in [0.2, 0.25) is 0 Å². The second-order valence-corrected chi connectivity index (χ2v) is 7.83. The number of aliphatic hydroxyl groups is 2. The highest BCUT2D eigenvalue weighted by Gasteiger charge is 2.32. The molecule has 3 atom stereocenters. The van der Waals surface area contributed by atoms with E-state index in [4.69, 9.17) is 9.47 Å². The monoisotopic (exact) mass is 380 g/mol. The number of benzene rings is 2. The average Bonchev–Trinajstić information content (AvgIpc) is 3.21. The molecule has 0 saturated carbocycles. The maximum Gasteiger partial charge on any atom is 0.126 e. The summed E-state index contributed by atoms with van der Waals surface area (Å²) in [6.07, 6.45) is 3.61. The van der Waals surface area contributed by atoms with Crippen LogP contribution < -0.4 is 4.74 Å². The summed E-state index contributed by atoms with van der Waals surface area (Å²) in [4.78, 5) is 0. The predicted octanol–water partition coefficient (Wildman–Crippen LogP) is 3.74. The Hall–Kier alpha value is -2.14. The highest BCUT2D eigenvalue weighted by molar-refractivity contribution is 5.55. The van der Waals surface area contributed by atoms with Gasteiger partial charge in [0.1, 0.15) is 5.75 Å². The number of rotatable bonds is 5.